The van der Waals surface area contributed by atoms with Crippen molar-refractivity contribution in [3.63, 3.8) is 0 Å². The molecule has 0 fully saturated rings. The van der Waals surface area contributed by atoms with E-state index in [0.717, 1.165) is 0 Å². The Bertz CT molecular complexity index is 143. The lowest BCUT2D eigenvalue weighted by Gasteiger charge is -2.08. The summed E-state index contributed by atoms with van der Waals surface area (Å²) in [6.07, 6.45) is 0.443. The van der Waals surface area contributed by atoms with E-state index in [4.69, 9.17) is 0 Å². The molecule has 2 nitrogen and oxygen atoms in total. The van der Waals surface area contributed by atoms with Gasteiger partial charge in [0.1, 0.15) is 0 Å². The number of rotatable bonds is 3. The molecule has 0 N–H and O–H groups in total. The maximum Gasteiger partial charge on any atom is 0.366 e. The third-order valence-electron chi connectivity index (χ3n) is 1.10. The van der Waals surface area contributed by atoms with Gasteiger partial charge >= 0.3 is 5.97 Å². The van der Waals surface area contributed by atoms with Crippen molar-refractivity contribution < 1.29 is 13.9 Å². The lowest BCUT2D eigenvalue weighted by atomic mass is 10.3. The molecule has 0 aromatic heterocycles. The number of hydrogen-bond donors (Lipinski definition) is 0. The standard InChI is InChI=1S/C7H11FO2/c1-4-5(2)10-7(9)6(3)8/h5H,3-4H2,1-2H3. The molecule has 3 heteroatoms. The van der Waals surface area contributed by atoms with E-state index in [1.165, 1.54) is 0 Å². The first kappa shape index (κ1) is 9.14. The maximum absolute atomic E-state index is 11.9. The molecule has 0 rings (SSSR count). The van der Waals surface area contributed by atoms with Gasteiger partial charge in [-0.1, -0.05) is 13.5 Å². The minimum Gasteiger partial charge on any atom is -0.457 e. The van der Waals surface area contributed by atoms with Gasteiger partial charge in [0.05, 0.1) is 6.10 Å². The molecule has 0 radical (unpaired) electrons. The van der Waals surface area contributed by atoms with Crippen molar-refractivity contribution in [3.8, 4) is 0 Å². The molecule has 0 aromatic carbocycles. The maximum atomic E-state index is 11.9. The summed E-state index contributed by atoms with van der Waals surface area (Å²) in [6.45, 7) is 6.34. The number of esters is 1. The minimum absolute atomic E-state index is 0.236. The van der Waals surface area contributed by atoms with Gasteiger partial charge in [-0.2, -0.15) is 4.39 Å². The average molecular weight is 146 g/mol. The van der Waals surface area contributed by atoms with Crippen LogP contribution in [0.15, 0.2) is 12.4 Å². The van der Waals surface area contributed by atoms with E-state index in [1.54, 1.807) is 6.92 Å². The Hall–Kier alpha value is -0.860. The molecule has 0 bridgehead atoms. The first-order valence-corrected chi connectivity index (χ1v) is 3.13. The summed E-state index contributed by atoms with van der Waals surface area (Å²) in [5, 5.41) is 0. The Morgan fingerprint density at radius 2 is 2.30 bits per heavy atom. The van der Waals surface area contributed by atoms with Crippen LogP contribution >= 0.6 is 0 Å². The number of ether oxygens (including phenoxy) is 1. The fraction of sp³-hybridized carbons (Fsp3) is 0.571. The summed E-state index contributed by atoms with van der Waals surface area (Å²) < 4.78 is 16.5. The van der Waals surface area contributed by atoms with Gasteiger partial charge in [-0.05, 0) is 13.3 Å². The predicted octanol–water partition coefficient (Wildman–Crippen LogP) is 1.81. The van der Waals surface area contributed by atoms with E-state index >= 15 is 0 Å². The molecule has 1 unspecified atom stereocenters. The molecule has 0 aromatic rings. The van der Waals surface area contributed by atoms with Gasteiger partial charge in [-0.15, -0.1) is 0 Å². The molecular formula is C7H11FO2. The molecule has 0 amide bonds. The first-order valence-electron chi connectivity index (χ1n) is 3.13. The van der Waals surface area contributed by atoms with Crippen molar-refractivity contribution in [1.29, 1.82) is 0 Å². The van der Waals surface area contributed by atoms with E-state index in [2.05, 4.69) is 11.3 Å². The number of carbonyl (C=O) groups is 1. The second-order valence-electron chi connectivity index (χ2n) is 2.03. The lowest BCUT2D eigenvalue weighted by Crippen LogP contribution is -2.13. The Balaban J connectivity index is 3.68. The highest BCUT2D eigenvalue weighted by Crippen LogP contribution is 2.01. The number of carbonyl (C=O) groups excluding carboxylic acids is 1. The Kier molecular flexibility index (Phi) is 3.69. The second-order valence-corrected chi connectivity index (χ2v) is 2.03. The van der Waals surface area contributed by atoms with Crippen molar-refractivity contribution in [1.82, 2.24) is 0 Å². The van der Waals surface area contributed by atoms with E-state index in [0.29, 0.717) is 6.42 Å². The summed E-state index contributed by atoms with van der Waals surface area (Å²) in [6, 6.07) is 0. The molecular weight excluding hydrogens is 135 g/mol. The SMILES string of the molecule is C=C(F)C(=O)OC(C)CC. The van der Waals surface area contributed by atoms with Crippen LogP contribution in [0.25, 0.3) is 0 Å². The summed E-state index contributed by atoms with van der Waals surface area (Å²) in [5.74, 6) is -2.00. The summed E-state index contributed by atoms with van der Waals surface area (Å²) in [5.41, 5.74) is 0. The topological polar surface area (TPSA) is 26.3 Å². The fourth-order valence-electron chi connectivity index (χ4n) is 0.330. The molecule has 1 atom stereocenters. The van der Waals surface area contributed by atoms with Gasteiger partial charge in [0.2, 0.25) is 5.83 Å². The fourth-order valence-corrected chi connectivity index (χ4v) is 0.330. The Morgan fingerprint density at radius 1 is 1.80 bits per heavy atom. The first-order chi connectivity index (χ1) is 4.57. The minimum atomic E-state index is -1.04. The predicted molar refractivity (Wildman–Crippen MR) is 36.1 cm³/mol. The van der Waals surface area contributed by atoms with Crippen molar-refractivity contribution in [2.75, 3.05) is 0 Å². The third kappa shape index (κ3) is 3.22. The van der Waals surface area contributed by atoms with Gasteiger partial charge in [0.25, 0.3) is 0 Å². The zero-order valence-electron chi connectivity index (χ0n) is 6.19. The monoisotopic (exact) mass is 146 g/mol. The lowest BCUT2D eigenvalue weighted by molar-refractivity contribution is -0.145. The zero-order chi connectivity index (χ0) is 8.15. The second kappa shape index (κ2) is 4.04. The number of halogens is 1. The summed E-state index contributed by atoms with van der Waals surface area (Å²) >= 11 is 0. The van der Waals surface area contributed by atoms with Gasteiger partial charge in [0.15, 0.2) is 0 Å². The summed E-state index contributed by atoms with van der Waals surface area (Å²) in [4.78, 5) is 10.4. The molecule has 0 aliphatic rings. The highest BCUT2D eigenvalue weighted by atomic mass is 19.1. The van der Waals surface area contributed by atoms with Crippen LogP contribution in [0.1, 0.15) is 20.3 Å². The van der Waals surface area contributed by atoms with Crippen molar-refractivity contribution in [3.05, 3.63) is 12.4 Å². The van der Waals surface area contributed by atoms with E-state index in [9.17, 15) is 9.18 Å². The Labute approximate surface area is 59.7 Å². The molecule has 0 heterocycles. The van der Waals surface area contributed by atoms with Crippen LogP contribution in [0.3, 0.4) is 0 Å². The van der Waals surface area contributed by atoms with Crippen LogP contribution in [-0.4, -0.2) is 12.1 Å². The third-order valence-corrected chi connectivity index (χ3v) is 1.10. The van der Waals surface area contributed by atoms with Gasteiger partial charge in [0, 0.05) is 0 Å². The molecule has 0 aliphatic heterocycles. The normalized spacial score (nSPS) is 12.3. The van der Waals surface area contributed by atoms with Crippen LogP contribution in [-0.2, 0) is 9.53 Å². The van der Waals surface area contributed by atoms with Crippen LogP contribution < -0.4 is 0 Å². The van der Waals surface area contributed by atoms with Gasteiger partial charge in [-0.25, -0.2) is 4.79 Å². The van der Waals surface area contributed by atoms with E-state index < -0.39 is 11.8 Å². The van der Waals surface area contributed by atoms with Gasteiger partial charge in [-0.3, -0.25) is 0 Å². The molecule has 0 spiro atoms. The van der Waals surface area contributed by atoms with Crippen LogP contribution in [0.5, 0.6) is 0 Å². The van der Waals surface area contributed by atoms with Crippen molar-refractivity contribution in [2.24, 2.45) is 0 Å². The largest absolute Gasteiger partial charge is 0.457 e. The van der Waals surface area contributed by atoms with Crippen molar-refractivity contribution >= 4 is 5.97 Å². The van der Waals surface area contributed by atoms with E-state index in [-0.39, 0.29) is 6.10 Å². The van der Waals surface area contributed by atoms with Gasteiger partial charge < -0.3 is 4.74 Å². The van der Waals surface area contributed by atoms with Crippen LogP contribution in [0.2, 0.25) is 0 Å². The summed E-state index contributed by atoms with van der Waals surface area (Å²) in [7, 11) is 0. The zero-order valence-corrected chi connectivity index (χ0v) is 6.19. The molecule has 10 heavy (non-hydrogen) atoms. The molecule has 0 saturated heterocycles. The quantitative estimate of drug-likeness (QED) is 0.448. The highest BCUT2D eigenvalue weighted by molar-refractivity contribution is 5.85. The van der Waals surface area contributed by atoms with Crippen LogP contribution in [0.4, 0.5) is 4.39 Å². The average Bonchev–Trinajstić information content (AvgIpc) is 1.87. The van der Waals surface area contributed by atoms with Crippen LogP contribution in [0, 0.1) is 0 Å². The van der Waals surface area contributed by atoms with E-state index in [1.807, 2.05) is 6.92 Å². The molecule has 58 valence electrons. The number of hydrogen-bond acceptors (Lipinski definition) is 2. The van der Waals surface area contributed by atoms with Crippen molar-refractivity contribution in [2.45, 2.75) is 26.4 Å². The molecule has 0 saturated carbocycles. The highest BCUT2D eigenvalue weighted by Gasteiger charge is 2.10. The smallest absolute Gasteiger partial charge is 0.366 e. The molecule has 0 aliphatic carbocycles. The Morgan fingerprint density at radius 3 is 2.60 bits per heavy atom.